The van der Waals surface area contributed by atoms with Crippen molar-refractivity contribution in [2.45, 2.75) is 26.3 Å². The molecule has 1 aliphatic rings. The molecule has 128 valence electrons. The second-order valence-electron chi connectivity index (χ2n) is 6.18. The van der Waals surface area contributed by atoms with Gasteiger partial charge in [-0.25, -0.2) is 0 Å². The first-order valence-electron chi connectivity index (χ1n) is 8.43. The fraction of sp³-hybridized carbons (Fsp3) is 0.611. The lowest BCUT2D eigenvalue weighted by atomic mass is 10.0. The molecular formula is C18H28N2O3. The Bertz CT molecular complexity index is 459. The minimum atomic E-state index is 0.0415. The third-order valence-corrected chi connectivity index (χ3v) is 4.13. The maximum atomic E-state index is 12.0. The smallest absolute Gasteiger partial charge is 0.223 e. The third-order valence-electron chi connectivity index (χ3n) is 4.13. The van der Waals surface area contributed by atoms with Gasteiger partial charge in [-0.15, -0.1) is 0 Å². The quantitative estimate of drug-likeness (QED) is 0.795. The average Bonchev–Trinajstić information content (AvgIpc) is 2.57. The monoisotopic (exact) mass is 320 g/mol. The zero-order valence-corrected chi connectivity index (χ0v) is 14.2. The van der Waals surface area contributed by atoms with E-state index in [1.165, 1.54) is 0 Å². The van der Waals surface area contributed by atoms with E-state index in [0.29, 0.717) is 31.5 Å². The van der Waals surface area contributed by atoms with Crippen LogP contribution in [0, 0.1) is 5.92 Å². The van der Waals surface area contributed by atoms with Gasteiger partial charge in [0.2, 0.25) is 5.91 Å². The number of hydrogen-bond acceptors (Lipinski definition) is 4. The molecule has 1 aromatic rings. The highest BCUT2D eigenvalue weighted by Crippen LogP contribution is 2.12. The largest absolute Gasteiger partial charge is 0.493 e. The van der Waals surface area contributed by atoms with Gasteiger partial charge in [0, 0.05) is 25.7 Å². The van der Waals surface area contributed by atoms with Gasteiger partial charge in [0.1, 0.15) is 5.75 Å². The molecule has 1 unspecified atom stereocenters. The summed E-state index contributed by atoms with van der Waals surface area (Å²) in [7, 11) is 0. The third kappa shape index (κ3) is 6.20. The summed E-state index contributed by atoms with van der Waals surface area (Å²) in [5, 5.41) is 3.05. The van der Waals surface area contributed by atoms with Crippen LogP contribution in [-0.2, 0) is 9.53 Å². The molecular weight excluding hydrogens is 292 g/mol. The summed E-state index contributed by atoms with van der Waals surface area (Å²) in [6.45, 7) is 8.92. The molecule has 0 bridgehead atoms. The zero-order chi connectivity index (χ0) is 16.5. The SMILES string of the molecule is CC(C)C(CNC(=O)CCOc1ccccc1)N1CCOCC1. The van der Waals surface area contributed by atoms with Crippen LogP contribution in [0.25, 0.3) is 0 Å². The van der Waals surface area contributed by atoms with E-state index in [9.17, 15) is 4.79 Å². The van der Waals surface area contributed by atoms with Crippen LogP contribution < -0.4 is 10.1 Å². The lowest BCUT2D eigenvalue weighted by Gasteiger charge is -2.36. The molecule has 1 amide bonds. The van der Waals surface area contributed by atoms with Crippen molar-refractivity contribution in [1.29, 1.82) is 0 Å². The molecule has 5 heteroatoms. The van der Waals surface area contributed by atoms with Crippen LogP contribution in [0.15, 0.2) is 30.3 Å². The van der Waals surface area contributed by atoms with Crippen LogP contribution in [0.5, 0.6) is 5.75 Å². The Balaban J connectivity index is 1.69. The summed E-state index contributed by atoms with van der Waals surface area (Å²) in [6.07, 6.45) is 0.378. The summed E-state index contributed by atoms with van der Waals surface area (Å²) < 4.78 is 11.0. The van der Waals surface area contributed by atoms with E-state index in [1.54, 1.807) is 0 Å². The molecule has 0 aliphatic carbocycles. The Morgan fingerprint density at radius 1 is 1.26 bits per heavy atom. The van der Waals surface area contributed by atoms with Crippen molar-refractivity contribution < 1.29 is 14.3 Å². The molecule has 1 fully saturated rings. The van der Waals surface area contributed by atoms with E-state index < -0.39 is 0 Å². The van der Waals surface area contributed by atoms with E-state index in [1.807, 2.05) is 30.3 Å². The van der Waals surface area contributed by atoms with Crippen molar-refractivity contribution in [3.8, 4) is 5.75 Å². The lowest BCUT2D eigenvalue weighted by Crippen LogP contribution is -2.51. The lowest BCUT2D eigenvalue weighted by molar-refractivity contribution is -0.122. The van der Waals surface area contributed by atoms with Crippen molar-refractivity contribution >= 4 is 5.91 Å². The van der Waals surface area contributed by atoms with Gasteiger partial charge in [0.15, 0.2) is 0 Å². The number of rotatable bonds is 8. The molecule has 1 atom stereocenters. The summed E-state index contributed by atoms with van der Waals surface area (Å²) >= 11 is 0. The summed E-state index contributed by atoms with van der Waals surface area (Å²) in [4.78, 5) is 14.4. The maximum absolute atomic E-state index is 12.0. The standard InChI is InChI=1S/C18H28N2O3/c1-15(2)17(20-9-12-22-13-10-20)14-19-18(21)8-11-23-16-6-4-3-5-7-16/h3-7,15,17H,8-14H2,1-2H3,(H,19,21). The number of morpholine rings is 1. The van der Waals surface area contributed by atoms with E-state index in [0.717, 1.165) is 32.1 Å². The van der Waals surface area contributed by atoms with Crippen molar-refractivity contribution in [2.24, 2.45) is 5.92 Å². The molecule has 1 saturated heterocycles. The van der Waals surface area contributed by atoms with E-state index in [2.05, 4.69) is 24.1 Å². The minimum Gasteiger partial charge on any atom is -0.493 e. The van der Waals surface area contributed by atoms with Gasteiger partial charge in [0.25, 0.3) is 0 Å². The first kappa shape index (κ1) is 17.8. The maximum Gasteiger partial charge on any atom is 0.223 e. The van der Waals surface area contributed by atoms with Crippen LogP contribution in [0.2, 0.25) is 0 Å². The number of amides is 1. The first-order chi connectivity index (χ1) is 11.2. The normalized spacial score (nSPS) is 17.0. The number of benzene rings is 1. The van der Waals surface area contributed by atoms with Gasteiger partial charge in [-0.05, 0) is 18.1 Å². The summed E-state index contributed by atoms with van der Waals surface area (Å²) in [5.41, 5.74) is 0. The summed E-state index contributed by atoms with van der Waals surface area (Å²) in [5.74, 6) is 1.34. The molecule has 1 N–H and O–H groups in total. The van der Waals surface area contributed by atoms with Crippen molar-refractivity contribution in [1.82, 2.24) is 10.2 Å². The topological polar surface area (TPSA) is 50.8 Å². The zero-order valence-electron chi connectivity index (χ0n) is 14.2. The predicted octanol–water partition coefficient (Wildman–Crippen LogP) is 1.93. The van der Waals surface area contributed by atoms with Gasteiger partial charge < -0.3 is 14.8 Å². The Morgan fingerprint density at radius 3 is 2.61 bits per heavy atom. The van der Waals surface area contributed by atoms with E-state index in [4.69, 9.17) is 9.47 Å². The highest BCUT2D eigenvalue weighted by Gasteiger charge is 2.24. The first-order valence-corrected chi connectivity index (χ1v) is 8.43. The number of hydrogen-bond donors (Lipinski definition) is 1. The van der Waals surface area contributed by atoms with Crippen LogP contribution in [0.1, 0.15) is 20.3 Å². The van der Waals surface area contributed by atoms with Crippen molar-refractivity contribution in [2.75, 3.05) is 39.5 Å². The molecule has 5 nitrogen and oxygen atoms in total. The highest BCUT2D eigenvalue weighted by molar-refractivity contribution is 5.76. The number of carbonyl (C=O) groups is 1. The van der Waals surface area contributed by atoms with Crippen molar-refractivity contribution in [3.05, 3.63) is 30.3 Å². The molecule has 0 radical (unpaired) electrons. The molecule has 1 aromatic carbocycles. The Hall–Kier alpha value is -1.59. The fourth-order valence-electron chi connectivity index (χ4n) is 2.78. The van der Waals surface area contributed by atoms with Crippen LogP contribution in [0.3, 0.4) is 0 Å². The highest BCUT2D eigenvalue weighted by atomic mass is 16.5. The van der Waals surface area contributed by atoms with Gasteiger partial charge in [-0.2, -0.15) is 0 Å². The number of nitrogens with zero attached hydrogens (tertiary/aromatic N) is 1. The summed E-state index contributed by atoms with van der Waals surface area (Å²) in [6, 6.07) is 9.93. The Kier molecular flexibility index (Phi) is 7.36. The predicted molar refractivity (Wildman–Crippen MR) is 90.6 cm³/mol. The molecule has 2 rings (SSSR count). The van der Waals surface area contributed by atoms with Gasteiger partial charge in [-0.3, -0.25) is 9.69 Å². The van der Waals surface area contributed by atoms with E-state index in [-0.39, 0.29) is 5.91 Å². The number of carbonyl (C=O) groups excluding carboxylic acids is 1. The molecule has 23 heavy (non-hydrogen) atoms. The van der Waals surface area contributed by atoms with Gasteiger partial charge in [-0.1, -0.05) is 32.0 Å². The van der Waals surface area contributed by atoms with Crippen LogP contribution in [-0.4, -0.2) is 56.3 Å². The van der Waals surface area contributed by atoms with Crippen LogP contribution >= 0.6 is 0 Å². The van der Waals surface area contributed by atoms with Gasteiger partial charge >= 0.3 is 0 Å². The van der Waals surface area contributed by atoms with Crippen molar-refractivity contribution in [3.63, 3.8) is 0 Å². The second kappa shape index (κ2) is 9.53. The molecule has 1 aliphatic heterocycles. The van der Waals surface area contributed by atoms with Crippen LogP contribution in [0.4, 0.5) is 0 Å². The Labute approximate surface area is 139 Å². The Morgan fingerprint density at radius 2 is 1.96 bits per heavy atom. The number of ether oxygens (including phenoxy) is 2. The fourth-order valence-corrected chi connectivity index (χ4v) is 2.78. The average molecular weight is 320 g/mol. The minimum absolute atomic E-state index is 0.0415. The molecule has 1 heterocycles. The second-order valence-corrected chi connectivity index (χ2v) is 6.18. The number of para-hydroxylation sites is 1. The molecule has 0 saturated carbocycles. The number of nitrogens with one attached hydrogen (secondary N) is 1. The van der Waals surface area contributed by atoms with E-state index >= 15 is 0 Å². The molecule has 0 aromatic heterocycles. The van der Waals surface area contributed by atoms with Gasteiger partial charge in [0.05, 0.1) is 26.2 Å². The molecule has 0 spiro atoms.